The highest BCUT2D eigenvalue weighted by Gasteiger charge is 2.41. The van der Waals surface area contributed by atoms with Gasteiger partial charge in [0.2, 0.25) is 0 Å². The smallest absolute Gasteiger partial charge is 0.329 e. The summed E-state index contributed by atoms with van der Waals surface area (Å²) in [6.45, 7) is 0.395. The Hall–Kier alpha value is -1.93. The Kier molecular flexibility index (Phi) is 4.29. The molecule has 1 aliphatic heterocycles. The van der Waals surface area contributed by atoms with Crippen LogP contribution in [0.25, 0.3) is 0 Å². The number of aliphatic carboxylic acids is 1. The summed E-state index contributed by atoms with van der Waals surface area (Å²) in [7, 11) is 0. The summed E-state index contributed by atoms with van der Waals surface area (Å²) >= 11 is 5.53. The summed E-state index contributed by atoms with van der Waals surface area (Å²) in [6, 6.07) is 1.69. The molecule has 0 radical (unpaired) electrons. The van der Waals surface area contributed by atoms with Gasteiger partial charge < -0.3 is 15.2 Å². The van der Waals surface area contributed by atoms with Gasteiger partial charge in [-0.2, -0.15) is 0 Å². The molecule has 0 aliphatic carbocycles. The Bertz CT molecular complexity index is 589. The Morgan fingerprint density at radius 2 is 2.10 bits per heavy atom. The number of hydrogen-bond donors (Lipinski definition) is 2. The highest BCUT2D eigenvalue weighted by atomic mass is 35.5. The number of nitro groups is 1. The molecule has 1 aromatic carbocycles. The van der Waals surface area contributed by atoms with Crippen molar-refractivity contribution >= 4 is 28.9 Å². The Morgan fingerprint density at radius 3 is 2.62 bits per heavy atom. The van der Waals surface area contributed by atoms with E-state index in [1.807, 2.05) is 0 Å². The van der Waals surface area contributed by atoms with Gasteiger partial charge in [-0.15, -0.1) is 0 Å². The van der Waals surface area contributed by atoms with E-state index >= 15 is 0 Å². The van der Waals surface area contributed by atoms with Crippen LogP contribution in [0.4, 0.5) is 15.8 Å². The lowest BCUT2D eigenvalue weighted by Crippen LogP contribution is -2.50. The van der Waals surface area contributed by atoms with Crippen molar-refractivity contribution in [2.45, 2.75) is 18.4 Å². The van der Waals surface area contributed by atoms with Crippen LogP contribution in [0.15, 0.2) is 12.1 Å². The van der Waals surface area contributed by atoms with Gasteiger partial charge in [0.25, 0.3) is 5.69 Å². The number of nitrogens with one attached hydrogen (secondary N) is 1. The molecule has 0 aromatic heterocycles. The second-order valence-electron chi connectivity index (χ2n) is 4.67. The van der Waals surface area contributed by atoms with Crippen molar-refractivity contribution in [3.63, 3.8) is 0 Å². The van der Waals surface area contributed by atoms with E-state index in [0.29, 0.717) is 0 Å². The zero-order valence-corrected chi connectivity index (χ0v) is 11.5. The highest BCUT2D eigenvalue weighted by Crippen LogP contribution is 2.35. The summed E-state index contributed by atoms with van der Waals surface area (Å²) in [5, 5.41) is 22.6. The molecular weight excluding hydrogens is 307 g/mol. The van der Waals surface area contributed by atoms with Crippen LogP contribution in [0.3, 0.4) is 0 Å². The first-order valence-corrected chi connectivity index (χ1v) is 6.46. The van der Waals surface area contributed by atoms with Crippen LogP contribution in [-0.2, 0) is 9.53 Å². The van der Waals surface area contributed by atoms with Crippen LogP contribution in [0, 0.1) is 15.9 Å². The van der Waals surface area contributed by atoms with Gasteiger partial charge in [0.05, 0.1) is 9.95 Å². The molecule has 0 saturated carbocycles. The Balaban J connectivity index is 2.43. The summed E-state index contributed by atoms with van der Waals surface area (Å²) in [5.41, 5.74) is -2.12. The first-order chi connectivity index (χ1) is 9.85. The van der Waals surface area contributed by atoms with Crippen molar-refractivity contribution in [1.29, 1.82) is 0 Å². The molecule has 114 valence electrons. The molecule has 1 aliphatic rings. The van der Waals surface area contributed by atoms with E-state index in [1.54, 1.807) is 0 Å². The van der Waals surface area contributed by atoms with Gasteiger partial charge >= 0.3 is 5.97 Å². The molecule has 0 unspecified atom stereocenters. The fraction of sp³-hybridized carbons (Fsp3) is 0.417. The number of carboxylic acid groups (broad SMARTS) is 1. The minimum absolute atomic E-state index is 0.115. The topological polar surface area (TPSA) is 102 Å². The quantitative estimate of drug-likeness (QED) is 0.653. The van der Waals surface area contributed by atoms with Gasteiger partial charge in [-0.05, 0) is 0 Å². The lowest BCUT2D eigenvalue weighted by molar-refractivity contribution is -0.384. The van der Waals surface area contributed by atoms with E-state index in [-0.39, 0.29) is 31.7 Å². The van der Waals surface area contributed by atoms with Crippen LogP contribution in [0.5, 0.6) is 0 Å². The summed E-state index contributed by atoms with van der Waals surface area (Å²) < 4.78 is 18.6. The second kappa shape index (κ2) is 5.82. The van der Waals surface area contributed by atoms with E-state index in [1.165, 1.54) is 0 Å². The molecule has 0 spiro atoms. The van der Waals surface area contributed by atoms with Gasteiger partial charge in [-0.3, -0.25) is 10.1 Å². The van der Waals surface area contributed by atoms with Gasteiger partial charge in [-0.1, -0.05) is 11.6 Å². The van der Waals surface area contributed by atoms with E-state index in [2.05, 4.69) is 5.32 Å². The summed E-state index contributed by atoms with van der Waals surface area (Å²) in [6.07, 6.45) is 0.230. The second-order valence-corrected chi connectivity index (χ2v) is 5.07. The third-order valence-corrected chi connectivity index (χ3v) is 3.65. The first-order valence-electron chi connectivity index (χ1n) is 6.08. The molecule has 2 rings (SSSR count). The third kappa shape index (κ3) is 3.06. The number of ether oxygens (including phenoxy) is 1. The number of rotatable bonds is 4. The molecule has 0 amide bonds. The Labute approximate surface area is 123 Å². The standard InChI is InChI=1S/C12H12ClFN2O5/c13-7-5-10(16(19)20)9(6-8(7)14)15-12(11(17)18)1-3-21-4-2-12/h5-6,15H,1-4H2,(H,17,18). The van der Waals surface area contributed by atoms with E-state index in [9.17, 15) is 24.4 Å². The normalized spacial score (nSPS) is 17.2. The number of nitro benzene ring substituents is 1. The monoisotopic (exact) mass is 318 g/mol. The molecular formula is C12H12ClFN2O5. The van der Waals surface area contributed by atoms with Gasteiger partial charge in [0, 0.05) is 38.2 Å². The van der Waals surface area contributed by atoms with E-state index in [0.717, 1.165) is 12.1 Å². The predicted molar refractivity (Wildman–Crippen MR) is 72.1 cm³/mol. The number of carboxylic acids is 1. The maximum atomic E-state index is 13.5. The number of nitrogens with zero attached hydrogens (tertiary/aromatic N) is 1. The lowest BCUT2D eigenvalue weighted by Gasteiger charge is -2.34. The van der Waals surface area contributed by atoms with Crippen molar-refractivity contribution in [2.75, 3.05) is 18.5 Å². The highest BCUT2D eigenvalue weighted by molar-refractivity contribution is 6.31. The summed E-state index contributed by atoms with van der Waals surface area (Å²) in [4.78, 5) is 21.8. The largest absolute Gasteiger partial charge is 0.480 e. The average Bonchev–Trinajstić information content (AvgIpc) is 2.43. The van der Waals surface area contributed by atoms with Crippen LogP contribution in [-0.4, -0.2) is 34.8 Å². The molecule has 1 aromatic rings. The van der Waals surface area contributed by atoms with Crippen LogP contribution in [0.2, 0.25) is 5.02 Å². The Morgan fingerprint density at radius 1 is 1.48 bits per heavy atom. The number of anilines is 1. The zero-order chi connectivity index (χ0) is 15.6. The SMILES string of the molecule is O=C(O)C1(Nc2cc(F)c(Cl)cc2[N+](=O)[O-])CCOCC1. The molecule has 2 N–H and O–H groups in total. The first kappa shape index (κ1) is 15.5. The minimum Gasteiger partial charge on any atom is -0.480 e. The van der Waals surface area contributed by atoms with Crippen molar-refractivity contribution < 1.29 is 24.0 Å². The van der Waals surface area contributed by atoms with Crippen LogP contribution >= 0.6 is 11.6 Å². The molecule has 1 saturated heterocycles. The number of halogens is 2. The van der Waals surface area contributed by atoms with Gasteiger partial charge in [0.15, 0.2) is 0 Å². The lowest BCUT2D eigenvalue weighted by atomic mass is 9.89. The summed E-state index contributed by atoms with van der Waals surface area (Å²) in [5.74, 6) is -2.03. The maximum Gasteiger partial charge on any atom is 0.329 e. The molecule has 1 heterocycles. The number of carbonyl (C=O) groups is 1. The molecule has 0 bridgehead atoms. The minimum atomic E-state index is -1.43. The van der Waals surface area contributed by atoms with E-state index in [4.69, 9.17) is 16.3 Å². The fourth-order valence-corrected chi connectivity index (χ4v) is 2.32. The predicted octanol–water partition coefficient (Wildman–Crippen LogP) is 2.43. The maximum absolute atomic E-state index is 13.5. The number of hydrogen-bond acceptors (Lipinski definition) is 5. The zero-order valence-electron chi connectivity index (χ0n) is 10.8. The molecule has 9 heteroatoms. The number of benzene rings is 1. The molecule has 7 nitrogen and oxygen atoms in total. The van der Waals surface area contributed by atoms with E-state index < -0.39 is 33.0 Å². The van der Waals surface area contributed by atoms with Crippen molar-refractivity contribution in [3.05, 3.63) is 33.1 Å². The third-order valence-electron chi connectivity index (χ3n) is 3.36. The molecule has 1 fully saturated rings. The molecule has 0 atom stereocenters. The van der Waals surface area contributed by atoms with Crippen molar-refractivity contribution in [3.8, 4) is 0 Å². The average molecular weight is 319 g/mol. The van der Waals surface area contributed by atoms with Gasteiger partial charge in [-0.25, -0.2) is 9.18 Å². The van der Waals surface area contributed by atoms with Gasteiger partial charge in [0.1, 0.15) is 17.0 Å². The van der Waals surface area contributed by atoms with Crippen LogP contribution < -0.4 is 5.32 Å². The van der Waals surface area contributed by atoms with Crippen molar-refractivity contribution in [2.24, 2.45) is 0 Å². The van der Waals surface area contributed by atoms with Crippen LogP contribution in [0.1, 0.15) is 12.8 Å². The van der Waals surface area contributed by atoms with Crippen molar-refractivity contribution in [1.82, 2.24) is 0 Å². The fourth-order valence-electron chi connectivity index (χ4n) is 2.16. The molecule has 21 heavy (non-hydrogen) atoms.